The van der Waals surface area contributed by atoms with E-state index in [1.165, 1.54) is 0 Å². The molecule has 1 N–H and O–H groups in total. The van der Waals surface area contributed by atoms with Crippen LogP contribution in [0.5, 0.6) is 0 Å². The molecule has 1 aliphatic rings. The van der Waals surface area contributed by atoms with Crippen molar-refractivity contribution in [3.05, 3.63) is 58.8 Å². The first-order valence-electron chi connectivity index (χ1n) is 8.68. The summed E-state index contributed by atoms with van der Waals surface area (Å²) in [6.07, 6.45) is 5.50. The maximum absolute atomic E-state index is 12.3. The van der Waals surface area contributed by atoms with Gasteiger partial charge in [-0.15, -0.1) is 0 Å². The van der Waals surface area contributed by atoms with Crippen molar-refractivity contribution in [1.82, 2.24) is 14.9 Å². The third kappa shape index (κ3) is 3.30. The van der Waals surface area contributed by atoms with E-state index in [0.717, 1.165) is 42.7 Å². The first kappa shape index (κ1) is 15.9. The number of aromatic nitrogens is 2. The minimum absolute atomic E-state index is 0.0413. The number of piperidine rings is 1. The van der Waals surface area contributed by atoms with Crippen LogP contribution in [0.4, 0.5) is 5.82 Å². The van der Waals surface area contributed by atoms with Gasteiger partial charge < -0.3 is 19.2 Å². The standard InChI is InChI=1S/C19H22N4O2/c1-22-10-8-20-18(19(22)24)23-9-4-6-15(13-23)21-12-16-11-14-5-2-3-7-17(14)25-16/h2-3,5,7-8,10-11,15,21H,4,6,9,12-13H2,1H3/t15-/m1/s1. The topological polar surface area (TPSA) is 63.3 Å². The zero-order chi connectivity index (χ0) is 17.2. The second-order valence-corrected chi connectivity index (χ2v) is 6.58. The molecular formula is C19H22N4O2. The van der Waals surface area contributed by atoms with Gasteiger partial charge in [-0.3, -0.25) is 4.79 Å². The molecule has 0 bridgehead atoms. The van der Waals surface area contributed by atoms with Gasteiger partial charge in [-0.1, -0.05) is 18.2 Å². The Kier molecular flexibility index (Phi) is 4.28. The molecule has 4 rings (SSSR count). The van der Waals surface area contributed by atoms with Crippen molar-refractivity contribution in [2.45, 2.75) is 25.4 Å². The highest BCUT2D eigenvalue weighted by Gasteiger charge is 2.23. The molecule has 3 aromatic rings. The predicted molar refractivity (Wildman–Crippen MR) is 97.8 cm³/mol. The van der Waals surface area contributed by atoms with Crippen LogP contribution in [-0.2, 0) is 13.6 Å². The lowest BCUT2D eigenvalue weighted by Crippen LogP contribution is -2.47. The molecule has 1 aromatic carbocycles. The number of anilines is 1. The normalized spacial score (nSPS) is 18.0. The molecule has 3 heterocycles. The summed E-state index contributed by atoms with van der Waals surface area (Å²) < 4.78 is 7.44. The van der Waals surface area contributed by atoms with Crippen LogP contribution in [0.15, 0.2) is 51.9 Å². The Morgan fingerprint density at radius 3 is 3.12 bits per heavy atom. The molecule has 0 unspecified atom stereocenters. The third-order valence-electron chi connectivity index (χ3n) is 4.76. The van der Waals surface area contributed by atoms with Gasteiger partial charge in [0.15, 0.2) is 5.82 Å². The zero-order valence-corrected chi connectivity index (χ0v) is 14.3. The summed E-state index contributed by atoms with van der Waals surface area (Å²) in [5.41, 5.74) is 0.877. The summed E-state index contributed by atoms with van der Waals surface area (Å²) >= 11 is 0. The smallest absolute Gasteiger partial charge is 0.293 e. The molecule has 6 heteroatoms. The van der Waals surface area contributed by atoms with Crippen molar-refractivity contribution in [3.8, 4) is 0 Å². The lowest BCUT2D eigenvalue weighted by molar-refractivity contribution is 0.399. The van der Waals surface area contributed by atoms with Crippen molar-refractivity contribution >= 4 is 16.8 Å². The molecule has 0 saturated carbocycles. The van der Waals surface area contributed by atoms with E-state index >= 15 is 0 Å². The third-order valence-corrected chi connectivity index (χ3v) is 4.76. The van der Waals surface area contributed by atoms with Crippen LogP contribution in [0.1, 0.15) is 18.6 Å². The van der Waals surface area contributed by atoms with Crippen molar-refractivity contribution < 1.29 is 4.42 Å². The van der Waals surface area contributed by atoms with Crippen molar-refractivity contribution in [2.75, 3.05) is 18.0 Å². The summed E-state index contributed by atoms with van der Waals surface area (Å²) in [6.45, 7) is 2.34. The fraction of sp³-hybridized carbons (Fsp3) is 0.368. The molecule has 1 aliphatic heterocycles. The number of fused-ring (bicyclic) bond motifs is 1. The zero-order valence-electron chi connectivity index (χ0n) is 14.3. The first-order chi connectivity index (χ1) is 12.2. The Labute approximate surface area is 146 Å². The van der Waals surface area contributed by atoms with Gasteiger partial charge in [0.2, 0.25) is 0 Å². The highest BCUT2D eigenvalue weighted by molar-refractivity contribution is 5.77. The van der Waals surface area contributed by atoms with E-state index in [2.05, 4.69) is 27.3 Å². The van der Waals surface area contributed by atoms with Crippen molar-refractivity contribution in [3.63, 3.8) is 0 Å². The van der Waals surface area contributed by atoms with Gasteiger partial charge in [0.1, 0.15) is 11.3 Å². The molecule has 0 spiro atoms. The number of hydrogen-bond acceptors (Lipinski definition) is 5. The Hall–Kier alpha value is -2.60. The molecule has 0 aliphatic carbocycles. The largest absolute Gasteiger partial charge is 0.460 e. The van der Waals surface area contributed by atoms with E-state index < -0.39 is 0 Å². The molecular weight excluding hydrogens is 316 g/mol. The van der Waals surface area contributed by atoms with Gasteiger partial charge in [0, 0.05) is 44.0 Å². The molecule has 6 nitrogen and oxygen atoms in total. The van der Waals surface area contributed by atoms with Crippen LogP contribution in [0, 0.1) is 0 Å². The quantitative estimate of drug-likeness (QED) is 0.791. The fourth-order valence-corrected chi connectivity index (χ4v) is 3.41. The molecule has 1 atom stereocenters. The fourth-order valence-electron chi connectivity index (χ4n) is 3.41. The SMILES string of the molecule is Cn1ccnc(N2CCC[C@@H](NCc3cc4ccccc4o3)C2)c1=O. The van der Waals surface area contributed by atoms with E-state index in [4.69, 9.17) is 4.42 Å². The minimum Gasteiger partial charge on any atom is -0.460 e. The number of furan rings is 1. The summed E-state index contributed by atoms with van der Waals surface area (Å²) in [7, 11) is 1.76. The van der Waals surface area contributed by atoms with E-state index in [1.54, 1.807) is 24.0 Å². The molecule has 25 heavy (non-hydrogen) atoms. The number of nitrogens with one attached hydrogen (secondary N) is 1. The molecule has 130 valence electrons. The summed E-state index contributed by atoms with van der Waals surface area (Å²) in [5.74, 6) is 1.48. The molecule has 0 radical (unpaired) electrons. The monoisotopic (exact) mass is 338 g/mol. The maximum atomic E-state index is 12.3. The van der Waals surface area contributed by atoms with E-state index in [9.17, 15) is 4.79 Å². The lowest BCUT2D eigenvalue weighted by Gasteiger charge is -2.33. The number of benzene rings is 1. The number of nitrogens with zero attached hydrogens (tertiary/aromatic N) is 3. The number of aryl methyl sites for hydroxylation is 1. The van der Waals surface area contributed by atoms with Crippen LogP contribution in [-0.4, -0.2) is 28.7 Å². The van der Waals surface area contributed by atoms with Gasteiger partial charge in [0.25, 0.3) is 5.56 Å². The van der Waals surface area contributed by atoms with Crippen molar-refractivity contribution in [2.24, 2.45) is 7.05 Å². The second kappa shape index (κ2) is 6.72. The average Bonchev–Trinajstić information content (AvgIpc) is 3.05. The van der Waals surface area contributed by atoms with Crippen LogP contribution < -0.4 is 15.8 Å². The summed E-state index contributed by atoms with van der Waals surface area (Å²) in [4.78, 5) is 18.7. The molecule has 1 fully saturated rings. The number of rotatable bonds is 4. The second-order valence-electron chi connectivity index (χ2n) is 6.58. The molecule has 2 aromatic heterocycles. The van der Waals surface area contributed by atoms with E-state index in [-0.39, 0.29) is 5.56 Å². The van der Waals surface area contributed by atoms with Crippen LogP contribution in [0.2, 0.25) is 0 Å². The number of para-hydroxylation sites is 1. The van der Waals surface area contributed by atoms with Crippen LogP contribution in [0.25, 0.3) is 11.0 Å². The summed E-state index contributed by atoms with van der Waals surface area (Å²) in [5, 5.41) is 4.69. The van der Waals surface area contributed by atoms with Gasteiger partial charge in [-0.05, 0) is 25.0 Å². The van der Waals surface area contributed by atoms with Crippen LogP contribution >= 0.6 is 0 Å². The average molecular weight is 338 g/mol. The number of hydrogen-bond donors (Lipinski definition) is 1. The van der Waals surface area contributed by atoms with Gasteiger partial charge in [-0.2, -0.15) is 0 Å². The van der Waals surface area contributed by atoms with Crippen molar-refractivity contribution in [1.29, 1.82) is 0 Å². The highest BCUT2D eigenvalue weighted by Crippen LogP contribution is 2.20. The highest BCUT2D eigenvalue weighted by atomic mass is 16.3. The maximum Gasteiger partial charge on any atom is 0.293 e. The van der Waals surface area contributed by atoms with E-state index in [0.29, 0.717) is 18.4 Å². The lowest BCUT2D eigenvalue weighted by atomic mass is 10.1. The van der Waals surface area contributed by atoms with Gasteiger partial charge >= 0.3 is 0 Å². The molecule has 1 saturated heterocycles. The van der Waals surface area contributed by atoms with Gasteiger partial charge in [-0.25, -0.2) is 4.98 Å². The summed E-state index contributed by atoms with van der Waals surface area (Å²) in [6, 6.07) is 10.4. The predicted octanol–water partition coefficient (Wildman–Crippen LogP) is 2.29. The van der Waals surface area contributed by atoms with Crippen LogP contribution in [0.3, 0.4) is 0 Å². The Balaban J connectivity index is 1.43. The Morgan fingerprint density at radius 1 is 1.36 bits per heavy atom. The Bertz CT molecular complexity index is 897. The first-order valence-corrected chi connectivity index (χ1v) is 8.68. The molecule has 0 amide bonds. The van der Waals surface area contributed by atoms with E-state index in [1.807, 2.05) is 18.2 Å². The Morgan fingerprint density at radius 2 is 2.24 bits per heavy atom. The van der Waals surface area contributed by atoms with Gasteiger partial charge in [0.05, 0.1) is 6.54 Å². The minimum atomic E-state index is -0.0413.